The van der Waals surface area contributed by atoms with Crippen LogP contribution in [0, 0.1) is 12.7 Å². The molecule has 1 fully saturated rings. The lowest BCUT2D eigenvalue weighted by molar-refractivity contribution is -0.940. The van der Waals surface area contributed by atoms with Gasteiger partial charge in [0.05, 0.1) is 19.3 Å². The number of morpholine rings is 1. The number of aryl methyl sites for hydroxylation is 1. The number of rotatable bonds is 5. The first kappa shape index (κ1) is 19.7. The molecule has 0 aliphatic carbocycles. The van der Waals surface area contributed by atoms with Crippen LogP contribution in [-0.4, -0.2) is 37.5 Å². The molecule has 0 saturated carbocycles. The Kier molecular flexibility index (Phi) is 6.77. The highest BCUT2D eigenvalue weighted by atomic mass is 32.1. The van der Waals surface area contributed by atoms with Crippen LogP contribution in [0.25, 0.3) is 0 Å². The highest BCUT2D eigenvalue weighted by molar-refractivity contribution is 7.80. The largest absolute Gasteiger partial charge is 0.370 e. The average molecular weight is 389 g/mol. The Balaban J connectivity index is 1.70. The molecule has 0 amide bonds. The molecule has 144 valence electrons. The highest BCUT2D eigenvalue weighted by Crippen LogP contribution is 2.16. The molecular weight excluding hydrogens is 361 g/mol. The zero-order chi connectivity index (χ0) is 19.2. The first-order valence-electron chi connectivity index (χ1n) is 9.35. The third kappa shape index (κ3) is 5.25. The van der Waals surface area contributed by atoms with Gasteiger partial charge in [-0.3, -0.25) is 0 Å². The van der Waals surface area contributed by atoms with Gasteiger partial charge in [0.25, 0.3) is 0 Å². The van der Waals surface area contributed by atoms with Crippen molar-refractivity contribution in [1.82, 2.24) is 5.32 Å². The smallest absolute Gasteiger partial charge is 0.171 e. The van der Waals surface area contributed by atoms with Gasteiger partial charge in [-0.1, -0.05) is 36.4 Å². The van der Waals surface area contributed by atoms with Crippen LogP contribution < -0.4 is 15.5 Å². The number of benzene rings is 2. The topological polar surface area (TPSA) is 37.7 Å². The number of hydrogen-bond donors (Lipinski definition) is 3. The Hall–Kier alpha value is -2.02. The summed E-state index contributed by atoms with van der Waals surface area (Å²) in [4.78, 5) is 1.48. The van der Waals surface area contributed by atoms with E-state index in [1.807, 2.05) is 12.1 Å². The van der Waals surface area contributed by atoms with Gasteiger partial charge in [0.1, 0.15) is 24.9 Å². The van der Waals surface area contributed by atoms with Crippen molar-refractivity contribution in [2.45, 2.75) is 25.9 Å². The molecule has 2 aromatic carbocycles. The molecule has 1 aliphatic rings. The normalized spacial score (nSPS) is 17.1. The molecule has 1 aliphatic heterocycles. The molecule has 6 heteroatoms. The summed E-state index contributed by atoms with van der Waals surface area (Å²) in [5.74, 6) is -0.240. The minimum atomic E-state index is -0.240. The van der Waals surface area contributed by atoms with Crippen molar-refractivity contribution in [1.29, 1.82) is 0 Å². The van der Waals surface area contributed by atoms with Crippen LogP contribution in [0.4, 0.5) is 10.1 Å². The van der Waals surface area contributed by atoms with Crippen molar-refractivity contribution in [2.75, 3.05) is 31.6 Å². The van der Waals surface area contributed by atoms with E-state index >= 15 is 0 Å². The molecule has 2 aromatic rings. The summed E-state index contributed by atoms with van der Waals surface area (Å²) in [6.45, 7) is 7.37. The van der Waals surface area contributed by atoms with Gasteiger partial charge in [-0.25, -0.2) is 4.39 Å². The number of ether oxygens (including phenoxy) is 1. The number of halogens is 1. The van der Waals surface area contributed by atoms with E-state index in [1.165, 1.54) is 16.5 Å². The van der Waals surface area contributed by atoms with Gasteiger partial charge in [0, 0.05) is 11.3 Å². The van der Waals surface area contributed by atoms with E-state index in [0.717, 1.165) is 26.3 Å². The maximum Gasteiger partial charge on any atom is 0.171 e. The molecule has 3 rings (SSSR count). The number of thiocarbonyl (C=S) groups is 1. The van der Waals surface area contributed by atoms with Gasteiger partial charge in [-0.15, -0.1) is 0 Å². The van der Waals surface area contributed by atoms with E-state index in [2.05, 4.69) is 41.8 Å². The molecule has 0 unspecified atom stereocenters. The molecule has 0 radical (unpaired) electrons. The summed E-state index contributed by atoms with van der Waals surface area (Å²) in [7, 11) is 0. The lowest BCUT2D eigenvalue weighted by Gasteiger charge is -2.35. The van der Waals surface area contributed by atoms with E-state index in [9.17, 15) is 4.39 Å². The molecule has 0 spiro atoms. The Bertz CT molecular complexity index is 765. The number of hydrogen-bond acceptors (Lipinski definition) is 2. The Labute approximate surface area is 165 Å². The summed E-state index contributed by atoms with van der Waals surface area (Å²) in [6, 6.07) is 15.9. The maximum atomic E-state index is 13.8. The lowest BCUT2D eigenvalue weighted by Crippen LogP contribution is -3.15. The molecule has 1 heterocycles. The van der Waals surface area contributed by atoms with Crippen LogP contribution in [-0.2, 0) is 4.74 Å². The molecule has 2 atom stereocenters. The minimum Gasteiger partial charge on any atom is -0.370 e. The molecular formula is C21H27FN3OS+. The summed E-state index contributed by atoms with van der Waals surface area (Å²) >= 11 is 5.48. The zero-order valence-corrected chi connectivity index (χ0v) is 16.6. The van der Waals surface area contributed by atoms with E-state index in [-0.39, 0.29) is 17.9 Å². The van der Waals surface area contributed by atoms with Crippen LogP contribution >= 0.6 is 12.2 Å². The van der Waals surface area contributed by atoms with Gasteiger partial charge in [-0.2, -0.15) is 0 Å². The van der Waals surface area contributed by atoms with E-state index < -0.39 is 0 Å². The second kappa shape index (κ2) is 9.26. The first-order chi connectivity index (χ1) is 13.0. The standard InChI is InChI=1S/C21H26FN3OS/c1-15-8-9-18(14-19(15)22)24-21(27)23-16(2)20(17-6-4-3-5-7-17)25-10-12-26-13-11-25/h3-9,14,16,20H,10-13H2,1-2H3,(H2,23,24,27)/p+1/t16-,20+/m1/s1. The molecule has 0 bridgehead atoms. The zero-order valence-electron chi connectivity index (χ0n) is 15.8. The third-order valence-electron chi connectivity index (χ3n) is 5.02. The maximum absolute atomic E-state index is 13.8. The second-order valence-corrected chi connectivity index (χ2v) is 7.42. The quantitative estimate of drug-likeness (QED) is 0.688. The van der Waals surface area contributed by atoms with E-state index in [4.69, 9.17) is 17.0 Å². The summed E-state index contributed by atoms with van der Waals surface area (Å²) in [5, 5.41) is 6.99. The summed E-state index contributed by atoms with van der Waals surface area (Å²) in [6.07, 6.45) is 0. The van der Waals surface area contributed by atoms with Gasteiger partial charge < -0.3 is 20.3 Å². The fraction of sp³-hybridized carbons (Fsp3) is 0.381. The Morgan fingerprint density at radius 1 is 1.15 bits per heavy atom. The van der Waals surface area contributed by atoms with Crippen LogP contribution in [0.3, 0.4) is 0 Å². The van der Waals surface area contributed by atoms with Gasteiger partial charge in [-0.05, 0) is 43.8 Å². The fourth-order valence-electron chi connectivity index (χ4n) is 3.61. The lowest BCUT2D eigenvalue weighted by atomic mass is 9.98. The predicted octanol–water partition coefficient (Wildman–Crippen LogP) is 2.47. The van der Waals surface area contributed by atoms with Crippen molar-refractivity contribution < 1.29 is 14.0 Å². The monoisotopic (exact) mass is 388 g/mol. The van der Waals surface area contributed by atoms with Crippen molar-refractivity contribution in [3.8, 4) is 0 Å². The van der Waals surface area contributed by atoms with E-state index in [1.54, 1.807) is 13.0 Å². The SMILES string of the molecule is Cc1ccc(NC(=S)N[C@H](C)[C@@H](c2ccccc2)[NH+]2CCOCC2)cc1F. The molecule has 1 saturated heterocycles. The van der Waals surface area contributed by atoms with Crippen LogP contribution in [0.2, 0.25) is 0 Å². The summed E-state index contributed by atoms with van der Waals surface area (Å²) < 4.78 is 19.3. The van der Waals surface area contributed by atoms with Gasteiger partial charge in [0.15, 0.2) is 5.11 Å². The minimum absolute atomic E-state index is 0.107. The van der Waals surface area contributed by atoms with Gasteiger partial charge in [0.2, 0.25) is 0 Å². The Morgan fingerprint density at radius 2 is 1.85 bits per heavy atom. The molecule has 3 N–H and O–H groups in total. The van der Waals surface area contributed by atoms with Crippen LogP contribution in [0.15, 0.2) is 48.5 Å². The fourth-order valence-corrected chi connectivity index (χ4v) is 3.91. The van der Waals surface area contributed by atoms with Crippen molar-refractivity contribution in [2.24, 2.45) is 0 Å². The van der Waals surface area contributed by atoms with Crippen LogP contribution in [0.5, 0.6) is 0 Å². The molecule has 0 aromatic heterocycles. The highest BCUT2D eigenvalue weighted by Gasteiger charge is 2.31. The molecule has 4 nitrogen and oxygen atoms in total. The van der Waals surface area contributed by atoms with Crippen molar-refractivity contribution in [3.63, 3.8) is 0 Å². The second-order valence-electron chi connectivity index (χ2n) is 7.01. The number of anilines is 1. The van der Waals surface area contributed by atoms with Crippen molar-refractivity contribution in [3.05, 3.63) is 65.5 Å². The molecule has 27 heavy (non-hydrogen) atoms. The number of nitrogens with one attached hydrogen (secondary N) is 3. The van der Waals surface area contributed by atoms with Crippen molar-refractivity contribution >= 4 is 23.0 Å². The first-order valence-corrected chi connectivity index (χ1v) is 9.76. The third-order valence-corrected chi connectivity index (χ3v) is 5.24. The average Bonchev–Trinajstić information content (AvgIpc) is 2.66. The summed E-state index contributed by atoms with van der Waals surface area (Å²) in [5.41, 5.74) is 2.55. The van der Waals surface area contributed by atoms with Gasteiger partial charge >= 0.3 is 0 Å². The Morgan fingerprint density at radius 3 is 2.52 bits per heavy atom. The predicted molar refractivity (Wildman–Crippen MR) is 111 cm³/mol. The van der Waals surface area contributed by atoms with E-state index in [0.29, 0.717) is 16.4 Å². The number of quaternary nitrogens is 1. The van der Waals surface area contributed by atoms with Crippen LogP contribution in [0.1, 0.15) is 24.1 Å².